The number of benzene rings is 1. The summed E-state index contributed by atoms with van der Waals surface area (Å²) in [5, 5.41) is 3.69. The number of aromatic nitrogens is 2. The smallest absolute Gasteiger partial charge is 0.257 e. The summed E-state index contributed by atoms with van der Waals surface area (Å²) in [5.74, 6) is 1.20. The van der Waals surface area contributed by atoms with E-state index in [-0.39, 0.29) is 23.9 Å². The summed E-state index contributed by atoms with van der Waals surface area (Å²) in [6, 6.07) is 5.50. The molecule has 1 amide bonds. The third-order valence-electron chi connectivity index (χ3n) is 5.17. The minimum absolute atomic E-state index is 0.0469. The molecule has 0 saturated heterocycles. The molecule has 1 atom stereocenters. The molecule has 1 unspecified atom stereocenters. The highest BCUT2D eigenvalue weighted by molar-refractivity contribution is 7.99. The Morgan fingerprint density at radius 3 is 3.00 bits per heavy atom. The molecule has 0 bridgehead atoms. The number of hydrogen-bond acceptors (Lipinski definition) is 5. The zero-order valence-electron chi connectivity index (χ0n) is 15.6. The van der Waals surface area contributed by atoms with Gasteiger partial charge in [0.2, 0.25) is 5.91 Å². The largest absolute Gasteiger partial charge is 0.495 e. The molecule has 4 rings (SSSR count). The van der Waals surface area contributed by atoms with Gasteiger partial charge in [-0.15, -0.1) is 0 Å². The van der Waals surface area contributed by atoms with Crippen LogP contribution in [0.25, 0.3) is 0 Å². The van der Waals surface area contributed by atoms with Crippen LogP contribution >= 0.6 is 11.8 Å². The molecule has 0 spiro atoms. The number of nitrogens with zero attached hydrogens (tertiary/aromatic N) is 2. The molecule has 0 fully saturated rings. The summed E-state index contributed by atoms with van der Waals surface area (Å²) >= 11 is 1.57. The Labute approximate surface area is 162 Å². The standard InChI is InChI=1S/C20H23N3O3S/c1-12-7-8-17(26-2)16(9-12)21-18(24)10-13-11-27-20-22-15-6-4-3-5-14(15)19(25)23(13)20/h7-9,13H,3-6,10-11H2,1-2H3,(H,21,24). The second-order valence-corrected chi connectivity index (χ2v) is 8.11. The number of anilines is 1. The molecule has 2 heterocycles. The van der Waals surface area contributed by atoms with Crippen molar-refractivity contribution in [3.8, 4) is 5.75 Å². The van der Waals surface area contributed by atoms with E-state index >= 15 is 0 Å². The molecule has 27 heavy (non-hydrogen) atoms. The van der Waals surface area contributed by atoms with E-state index in [1.807, 2.05) is 25.1 Å². The predicted molar refractivity (Wildman–Crippen MR) is 106 cm³/mol. The molecule has 7 heteroatoms. The molecule has 6 nitrogen and oxygen atoms in total. The topological polar surface area (TPSA) is 73.2 Å². The van der Waals surface area contributed by atoms with Crippen molar-refractivity contribution in [1.29, 1.82) is 0 Å². The SMILES string of the molecule is COc1ccc(C)cc1NC(=O)CC1CSc2nc3c(c(=O)n21)CCCC3. The van der Waals surface area contributed by atoms with Crippen molar-refractivity contribution in [3.63, 3.8) is 0 Å². The number of nitrogens with one attached hydrogen (secondary N) is 1. The summed E-state index contributed by atoms with van der Waals surface area (Å²) in [7, 11) is 1.58. The number of carbonyl (C=O) groups is 1. The molecule has 2 aromatic rings. The van der Waals surface area contributed by atoms with Crippen LogP contribution < -0.4 is 15.6 Å². The van der Waals surface area contributed by atoms with E-state index in [4.69, 9.17) is 9.72 Å². The van der Waals surface area contributed by atoms with Gasteiger partial charge in [0, 0.05) is 17.7 Å². The number of rotatable bonds is 4. The van der Waals surface area contributed by atoms with Crippen molar-refractivity contribution < 1.29 is 9.53 Å². The van der Waals surface area contributed by atoms with Crippen LogP contribution in [0, 0.1) is 6.92 Å². The molecule has 142 valence electrons. The fraction of sp³-hybridized carbons (Fsp3) is 0.450. The van der Waals surface area contributed by atoms with Gasteiger partial charge in [0.05, 0.1) is 24.5 Å². The van der Waals surface area contributed by atoms with Crippen LogP contribution in [0.2, 0.25) is 0 Å². The number of thioether (sulfide) groups is 1. The van der Waals surface area contributed by atoms with Crippen LogP contribution in [0.5, 0.6) is 5.75 Å². The third-order valence-corrected chi connectivity index (χ3v) is 6.27. The lowest BCUT2D eigenvalue weighted by atomic mass is 9.97. The van der Waals surface area contributed by atoms with Crippen LogP contribution in [0.4, 0.5) is 5.69 Å². The van der Waals surface area contributed by atoms with Gasteiger partial charge < -0.3 is 10.1 Å². The molecule has 1 aromatic heterocycles. The van der Waals surface area contributed by atoms with E-state index in [2.05, 4.69) is 5.32 Å². The van der Waals surface area contributed by atoms with Crippen LogP contribution in [-0.4, -0.2) is 28.3 Å². The van der Waals surface area contributed by atoms with Crippen molar-refractivity contribution >= 4 is 23.4 Å². The second-order valence-electron chi connectivity index (χ2n) is 7.12. The molecular formula is C20H23N3O3S. The summed E-state index contributed by atoms with van der Waals surface area (Å²) in [6.45, 7) is 1.97. The van der Waals surface area contributed by atoms with E-state index in [1.54, 1.807) is 23.4 Å². The minimum Gasteiger partial charge on any atom is -0.495 e. The zero-order valence-corrected chi connectivity index (χ0v) is 16.4. The lowest BCUT2D eigenvalue weighted by molar-refractivity contribution is -0.116. The summed E-state index contributed by atoms with van der Waals surface area (Å²) in [4.78, 5) is 30.3. The molecule has 1 aliphatic carbocycles. The highest BCUT2D eigenvalue weighted by Crippen LogP contribution is 2.34. The summed E-state index contributed by atoms with van der Waals surface area (Å²) < 4.78 is 7.06. The van der Waals surface area contributed by atoms with Crippen LogP contribution in [0.1, 0.15) is 42.1 Å². The molecule has 1 aliphatic heterocycles. The first-order valence-electron chi connectivity index (χ1n) is 9.28. The number of hydrogen-bond donors (Lipinski definition) is 1. The molecule has 0 saturated carbocycles. The zero-order chi connectivity index (χ0) is 19.0. The van der Waals surface area contributed by atoms with Crippen molar-refractivity contribution in [3.05, 3.63) is 45.4 Å². The maximum Gasteiger partial charge on any atom is 0.257 e. The number of ether oxygens (including phenoxy) is 1. The predicted octanol–water partition coefficient (Wildman–Crippen LogP) is 3.11. The first-order valence-corrected chi connectivity index (χ1v) is 10.3. The summed E-state index contributed by atoms with van der Waals surface area (Å²) in [6.07, 6.45) is 4.06. The van der Waals surface area contributed by atoms with E-state index in [0.29, 0.717) is 17.2 Å². The van der Waals surface area contributed by atoms with Crippen LogP contribution in [0.3, 0.4) is 0 Å². The van der Waals surface area contributed by atoms with Crippen LogP contribution in [0.15, 0.2) is 28.2 Å². The number of carbonyl (C=O) groups excluding carboxylic acids is 1. The van der Waals surface area contributed by atoms with E-state index in [1.165, 1.54) is 0 Å². The normalized spacial score (nSPS) is 17.9. The Bertz CT molecular complexity index is 954. The van der Waals surface area contributed by atoms with Crippen molar-refractivity contribution in [1.82, 2.24) is 9.55 Å². The molecule has 0 radical (unpaired) electrons. The van der Waals surface area contributed by atoms with Crippen molar-refractivity contribution in [2.75, 3.05) is 18.2 Å². The monoisotopic (exact) mass is 385 g/mol. The maximum atomic E-state index is 13.0. The molecule has 2 aliphatic rings. The lowest BCUT2D eigenvalue weighted by Crippen LogP contribution is -2.32. The van der Waals surface area contributed by atoms with Gasteiger partial charge in [-0.05, 0) is 50.3 Å². The van der Waals surface area contributed by atoms with Gasteiger partial charge >= 0.3 is 0 Å². The quantitative estimate of drug-likeness (QED) is 0.819. The number of amides is 1. The molecule has 1 aromatic carbocycles. The average Bonchev–Trinajstić information content (AvgIpc) is 3.05. The van der Waals surface area contributed by atoms with Gasteiger partial charge in [-0.2, -0.15) is 0 Å². The van der Waals surface area contributed by atoms with E-state index < -0.39 is 0 Å². The van der Waals surface area contributed by atoms with Crippen LogP contribution in [-0.2, 0) is 17.6 Å². The van der Waals surface area contributed by atoms with Gasteiger partial charge in [-0.25, -0.2) is 4.98 Å². The van der Waals surface area contributed by atoms with Crippen molar-refractivity contribution in [2.45, 2.75) is 50.2 Å². The van der Waals surface area contributed by atoms with Gasteiger partial charge in [0.15, 0.2) is 5.16 Å². The maximum absolute atomic E-state index is 13.0. The lowest BCUT2D eigenvalue weighted by Gasteiger charge is -2.19. The summed E-state index contributed by atoms with van der Waals surface area (Å²) in [5.41, 5.74) is 3.55. The second kappa shape index (κ2) is 7.38. The first-order chi connectivity index (χ1) is 13.1. The van der Waals surface area contributed by atoms with Gasteiger partial charge in [-0.3, -0.25) is 14.2 Å². The number of fused-ring (bicyclic) bond motifs is 2. The highest BCUT2D eigenvalue weighted by Gasteiger charge is 2.30. The Morgan fingerprint density at radius 1 is 1.37 bits per heavy atom. The number of aryl methyl sites for hydroxylation is 2. The van der Waals surface area contributed by atoms with Gasteiger partial charge in [0.1, 0.15) is 5.75 Å². The molecular weight excluding hydrogens is 362 g/mol. The van der Waals surface area contributed by atoms with Crippen molar-refractivity contribution in [2.24, 2.45) is 0 Å². The fourth-order valence-electron chi connectivity index (χ4n) is 3.80. The van der Waals surface area contributed by atoms with E-state index in [9.17, 15) is 9.59 Å². The first kappa shape index (κ1) is 18.1. The Kier molecular flexibility index (Phi) is 4.95. The molecule has 1 N–H and O–H groups in total. The van der Waals surface area contributed by atoms with E-state index in [0.717, 1.165) is 47.7 Å². The highest BCUT2D eigenvalue weighted by atomic mass is 32.2. The Balaban J connectivity index is 1.55. The Morgan fingerprint density at radius 2 is 2.19 bits per heavy atom. The average molecular weight is 385 g/mol. The third kappa shape index (κ3) is 3.48. The van der Waals surface area contributed by atoms with Gasteiger partial charge in [0.25, 0.3) is 5.56 Å². The number of methoxy groups -OCH3 is 1. The fourth-order valence-corrected chi connectivity index (χ4v) is 4.95. The Hall–Kier alpha value is -2.28. The minimum atomic E-state index is -0.159. The van der Waals surface area contributed by atoms with Gasteiger partial charge in [-0.1, -0.05) is 17.8 Å².